The number of rotatable bonds is 4. The second-order valence-electron chi connectivity index (χ2n) is 6.45. The van der Waals surface area contributed by atoms with Crippen molar-refractivity contribution in [2.75, 3.05) is 19.6 Å². The molecule has 0 atom stereocenters. The highest BCUT2D eigenvalue weighted by Gasteiger charge is 2.35. The summed E-state index contributed by atoms with van der Waals surface area (Å²) in [4.78, 5) is 6.98. The van der Waals surface area contributed by atoms with Crippen LogP contribution in [0.3, 0.4) is 0 Å². The van der Waals surface area contributed by atoms with Crippen molar-refractivity contribution in [2.24, 2.45) is 22.1 Å². The molecule has 2 aliphatic rings. The van der Waals surface area contributed by atoms with Crippen molar-refractivity contribution in [3.63, 3.8) is 0 Å². The maximum atomic E-state index is 6.15. The Morgan fingerprint density at radius 1 is 1.32 bits per heavy atom. The monoisotopic (exact) mass is 379 g/mol. The van der Waals surface area contributed by atoms with Crippen LogP contribution in [0, 0.1) is 11.3 Å². The largest absolute Gasteiger partial charge is 0.370 e. The van der Waals surface area contributed by atoms with E-state index in [1.54, 1.807) is 0 Å². The second kappa shape index (κ2) is 7.70. The third kappa shape index (κ3) is 4.50. The molecule has 2 N–H and O–H groups in total. The van der Waals surface area contributed by atoms with E-state index in [9.17, 15) is 0 Å². The van der Waals surface area contributed by atoms with Crippen LogP contribution in [0.15, 0.2) is 4.99 Å². The number of hydrogen-bond acceptors (Lipinski definition) is 1. The summed E-state index contributed by atoms with van der Waals surface area (Å²) in [5.74, 6) is 1.65. The van der Waals surface area contributed by atoms with E-state index in [-0.39, 0.29) is 24.0 Å². The minimum absolute atomic E-state index is 0. The van der Waals surface area contributed by atoms with Crippen LogP contribution in [0.5, 0.6) is 0 Å². The summed E-state index contributed by atoms with van der Waals surface area (Å²) in [6, 6.07) is 0. The minimum Gasteiger partial charge on any atom is -0.370 e. The van der Waals surface area contributed by atoms with Crippen LogP contribution in [0.1, 0.15) is 58.8 Å². The molecule has 0 aromatic rings. The molecule has 1 saturated carbocycles. The Labute approximate surface area is 135 Å². The van der Waals surface area contributed by atoms with Crippen LogP contribution in [-0.4, -0.2) is 30.5 Å². The topological polar surface area (TPSA) is 41.6 Å². The van der Waals surface area contributed by atoms with Crippen LogP contribution < -0.4 is 5.73 Å². The van der Waals surface area contributed by atoms with E-state index in [0.29, 0.717) is 5.41 Å². The van der Waals surface area contributed by atoms with Crippen molar-refractivity contribution in [3.8, 4) is 0 Å². The average Bonchev–Trinajstić information content (AvgIpc) is 2.33. The number of hydrogen-bond donors (Lipinski definition) is 1. The summed E-state index contributed by atoms with van der Waals surface area (Å²) in [5, 5.41) is 0. The molecule has 0 amide bonds. The van der Waals surface area contributed by atoms with Gasteiger partial charge in [-0.05, 0) is 43.4 Å². The van der Waals surface area contributed by atoms with E-state index < -0.39 is 0 Å². The molecular weight excluding hydrogens is 349 g/mol. The van der Waals surface area contributed by atoms with E-state index in [2.05, 4.69) is 18.7 Å². The van der Waals surface area contributed by atoms with E-state index in [1.165, 1.54) is 44.9 Å². The van der Waals surface area contributed by atoms with Crippen LogP contribution >= 0.6 is 24.0 Å². The Hall–Kier alpha value is 0. The predicted molar refractivity (Wildman–Crippen MR) is 93.1 cm³/mol. The standard InChI is InChI=1S/C15H29N3.HI/c1-3-7-15(8-4-9-15)12-17-14(16)18-10-5-13(2)6-11-18;/h13H,3-12H2,1-2H3,(H2,16,17);1H. The first kappa shape index (κ1) is 17.1. The molecule has 3 nitrogen and oxygen atoms in total. The van der Waals surface area contributed by atoms with Crippen LogP contribution in [0.2, 0.25) is 0 Å². The molecule has 19 heavy (non-hydrogen) atoms. The minimum atomic E-state index is 0. The Balaban J connectivity index is 0.00000180. The highest BCUT2D eigenvalue weighted by atomic mass is 127. The summed E-state index contributed by atoms with van der Waals surface area (Å²) < 4.78 is 0. The van der Waals surface area contributed by atoms with Gasteiger partial charge in [0.2, 0.25) is 0 Å². The molecule has 0 unspecified atom stereocenters. The van der Waals surface area contributed by atoms with E-state index in [0.717, 1.165) is 31.5 Å². The summed E-state index contributed by atoms with van der Waals surface area (Å²) in [6.07, 6.45) is 9.21. The van der Waals surface area contributed by atoms with E-state index in [4.69, 9.17) is 10.7 Å². The molecule has 0 aromatic carbocycles. The third-order valence-corrected chi connectivity index (χ3v) is 4.88. The summed E-state index contributed by atoms with van der Waals surface area (Å²) >= 11 is 0. The second-order valence-corrected chi connectivity index (χ2v) is 6.45. The van der Waals surface area contributed by atoms with Crippen LogP contribution in [0.4, 0.5) is 0 Å². The lowest BCUT2D eigenvalue weighted by atomic mass is 9.66. The smallest absolute Gasteiger partial charge is 0.191 e. The number of nitrogens with two attached hydrogens (primary N) is 1. The quantitative estimate of drug-likeness (QED) is 0.461. The predicted octanol–water partition coefficient (Wildman–Crippen LogP) is 3.62. The van der Waals surface area contributed by atoms with Gasteiger partial charge in [0.05, 0.1) is 0 Å². The molecule has 1 aliphatic carbocycles. The molecule has 0 bridgehead atoms. The molecular formula is C15H30IN3. The molecule has 1 aliphatic heterocycles. The highest BCUT2D eigenvalue weighted by molar-refractivity contribution is 14.0. The van der Waals surface area contributed by atoms with Crippen LogP contribution in [0.25, 0.3) is 0 Å². The van der Waals surface area contributed by atoms with Crippen LogP contribution in [-0.2, 0) is 0 Å². The first-order chi connectivity index (χ1) is 8.65. The Kier molecular flexibility index (Phi) is 6.91. The number of piperidine rings is 1. The van der Waals surface area contributed by atoms with Gasteiger partial charge in [-0.3, -0.25) is 4.99 Å². The number of guanidine groups is 1. The van der Waals surface area contributed by atoms with Gasteiger partial charge in [-0.15, -0.1) is 24.0 Å². The van der Waals surface area contributed by atoms with Gasteiger partial charge in [-0.25, -0.2) is 0 Å². The molecule has 0 spiro atoms. The van der Waals surface area contributed by atoms with Crippen molar-refractivity contribution in [1.82, 2.24) is 4.90 Å². The van der Waals surface area contributed by atoms with Crippen molar-refractivity contribution in [2.45, 2.75) is 58.8 Å². The number of nitrogens with zero attached hydrogens (tertiary/aromatic N) is 2. The van der Waals surface area contributed by atoms with Crippen molar-refractivity contribution < 1.29 is 0 Å². The normalized spacial score (nSPS) is 23.7. The summed E-state index contributed by atoms with van der Waals surface area (Å²) in [6.45, 7) is 7.75. The zero-order chi connectivity index (χ0) is 13.0. The van der Waals surface area contributed by atoms with Crippen molar-refractivity contribution in [3.05, 3.63) is 0 Å². The maximum Gasteiger partial charge on any atom is 0.191 e. The van der Waals surface area contributed by atoms with Gasteiger partial charge in [0.1, 0.15) is 0 Å². The fourth-order valence-corrected chi connectivity index (χ4v) is 3.28. The SMILES string of the molecule is CCCC1(CN=C(N)N2CCC(C)CC2)CCC1.I. The van der Waals surface area contributed by atoms with Crippen molar-refractivity contribution >= 4 is 29.9 Å². The van der Waals surface area contributed by atoms with E-state index >= 15 is 0 Å². The number of aliphatic imine (C=N–C) groups is 1. The molecule has 112 valence electrons. The van der Waals surface area contributed by atoms with Gasteiger partial charge in [0.15, 0.2) is 5.96 Å². The molecule has 1 saturated heterocycles. The van der Waals surface area contributed by atoms with Gasteiger partial charge in [0.25, 0.3) is 0 Å². The summed E-state index contributed by atoms with van der Waals surface area (Å²) in [5.41, 5.74) is 6.65. The first-order valence-electron chi connectivity index (χ1n) is 7.70. The maximum absolute atomic E-state index is 6.15. The molecule has 2 fully saturated rings. The zero-order valence-electron chi connectivity index (χ0n) is 12.5. The first-order valence-corrected chi connectivity index (χ1v) is 7.70. The third-order valence-electron chi connectivity index (χ3n) is 4.88. The Bertz CT molecular complexity index is 292. The van der Waals surface area contributed by atoms with Gasteiger partial charge < -0.3 is 10.6 Å². The average molecular weight is 379 g/mol. The fourth-order valence-electron chi connectivity index (χ4n) is 3.28. The molecule has 0 radical (unpaired) electrons. The molecule has 4 heteroatoms. The Morgan fingerprint density at radius 3 is 2.42 bits per heavy atom. The molecule has 2 rings (SSSR count). The fraction of sp³-hybridized carbons (Fsp3) is 0.933. The van der Waals surface area contributed by atoms with E-state index in [1.807, 2.05) is 0 Å². The van der Waals surface area contributed by atoms with Gasteiger partial charge >= 0.3 is 0 Å². The van der Waals surface area contributed by atoms with Gasteiger partial charge in [-0.2, -0.15) is 0 Å². The number of likely N-dealkylation sites (tertiary alicyclic amines) is 1. The lowest BCUT2D eigenvalue weighted by Crippen LogP contribution is -2.43. The highest BCUT2D eigenvalue weighted by Crippen LogP contribution is 2.44. The number of halogens is 1. The summed E-state index contributed by atoms with van der Waals surface area (Å²) in [7, 11) is 0. The zero-order valence-corrected chi connectivity index (χ0v) is 14.9. The molecule has 1 heterocycles. The van der Waals surface area contributed by atoms with Gasteiger partial charge in [0, 0.05) is 19.6 Å². The Morgan fingerprint density at radius 2 is 1.95 bits per heavy atom. The lowest BCUT2D eigenvalue weighted by Gasteiger charge is -2.41. The van der Waals surface area contributed by atoms with Crippen molar-refractivity contribution in [1.29, 1.82) is 0 Å². The lowest BCUT2D eigenvalue weighted by molar-refractivity contribution is 0.129. The van der Waals surface area contributed by atoms with Gasteiger partial charge in [-0.1, -0.05) is 26.7 Å². The molecule has 0 aromatic heterocycles.